The predicted molar refractivity (Wildman–Crippen MR) is 70.4 cm³/mol. The molecule has 1 heterocycles. The summed E-state index contributed by atoms with van der Waals surface area (Å²) in [6, 6.07) is 0.510. The van der Waals surface area contributed by atoms with Crippen LogP contribution < -0.4 is 10.9 Å². The molecule has 0 unspecified atom stereocenters. The Bertz CT molecular complexity index is 475. The van der Waals surface area contributed by atoms with Crippen LogP contribution in [0.15, 0.2) is 9.27 Å². The molecule has 2 saturated carbocycles. The molecular formula is C12H16BrN3O. The zero-order valence-electron chi connectivity index (χ0n) is 9.63. The fourth-order valence-electron chi connectivity index (χ4n) is 2.44. The van der Waals surface area contributed by atoms with Gasteiger partial charge in [-0.3, -0.25) is 9.78 Å². The van der Waals surface area contributed by atoms with Gasteiger partial charge in [0, 0.05) is 12.0 Å². The Morgan fingerprint density at radius 3 is 2.59 bits per heavy atom. The summed E-state index contributed by atoms with van der Waals surface area (Å²) in [5, 5.41) is 3.26. The molecule has 2 N–H and O–H groups in total. The van der Waals surface area contributed by atoms with Gasteiger partial charge >= 0.3 is 0 Å². The third kappa shape index (κ3) is 2.39. The van der Waals surface area contributed by atoms with Gasteiger partial charge in [0.2, 0.25) is 5.95 Å². The summed E-state index contributed by atoms with van der Waals surface area (Å²) in [6.07, 6.45) is 7.15. The van der Waals surface area contributed by atoms with E-state index in [1.54, 1.807) is 0 Å². The van der Waals surface area contributed by atoms with Crippen LogP contribution in [0.25, 0.3) is 0 Å². The molecule has 17 heavy (non-hydrogen) atoms. The van der Waals surface area contributed by atoms with Crippen molar-refractivity contribution >= 4 is 21.9 Å². The third-order valence-corrected chi connectivity index (χ3v) is 4.31. The molecule has 5 heteroatoms. The first kappa shape index (κ1) is 11.3. The number of aromatic amines is 1. The summed E-state index contributed by atoms with van der Waals surface area (Å²) >= 11 is 3.37. The van der Waals surface area contributed by atoms with Gasteiger partial charge in [0.25, 0.3) is 5.56 Å². The highest BCUT2D eigenvalue weighted by Gasteiger charge is 2.25. The summed E-state index contributed by atoms with van der Waals surface area (Å²) in [5.74, 6) is 1.09. The van der Waals surface area contributed by atoms with Crippen molar-refractivity contribution in [3.63, 3.8) is 0 Å². The number of H-pyrrole nitrogens is 1. The Balaban J connectivity index is 1.93. The van der Waals surface area contributed by atoms with E-state index in [0.29, 0.717) is 22.4 Å². The number of hydrogen-bond donors (Lipinski definition) is 2. The van der Waals surface area contributed by atoms with Crippen molar-refractivity contribution in [1.29, 1.82) is 0 Å². The van der Waals surface area contributed by atoms with E-state index >= 15 is 0 Å². The van der Waals surface area contributed by atoms with Crippen molar-refractivity contribution in [3.8, 4) is 0 Å². The molecule has 0 aromatic carbocycles. The Labute approximate surface area is 108 Å². The normalized spacial score (nSPS) is 20.8. The Morgan fingerprint density at radius 2 is 1.94 bits per heavy atom. The highest BCUT2D eigenvalue weighted by molar-refractivity contribution is 9.10. The van der Waals surface area contributed by atoms with Gasteiger partial charge in [-0.2, -0.15) is 0 Å². The molecule has 4 nitrogen and oxygen atoms in total. The standard InChI is InChI=1S/C12H16BrN3O/c13-9-10(7-3-1-2-4-7)15-12(16-11(9)17)14-8-5-6-8/h7-8H,1-6H2,(H2,14,15,16,17). The summed E-state index contributed by atoms with van der Waals surface area (Å²) < 4.78 is 0.616. The van der Waals surface area contributed by atoms with Crippen LogP contribution in [0, 0.1) is 0 Å². The molecule has 0 spiro atoms. The number of nitrogens with zero attached hydrogens (tertiary/aromatic N) is 1. The van der Waals surface area contributed by atoms with Crippen LogP contribution in [0.3, 0.4) is 0 Å². The minimum Gasteiger partial charge on any atom is -0.353 e. The first-order chi connectivity index (χ1) is 8.24. The van der Waals surface area contributed by atoms with Crippen LogP contribution in [0.5, 0.6) is 0 Å². The molecule has 0 bridgehead atoms. The highest BCUT2D eigenvalue weighted by Crippen LogP contribution is 2.35. The SMILES string of the molecule is O=c1[nH]c(NC2CC2)nc(C2CCCC2)c1Br. The largest absolute Gasteiger partial charge is 0.353 e. The zero-order chi connectivity index (χ0) is 11.8. The number of hydrogen-bond acceptors (Lipinski definition) is 3. The monoisotopic (exact) mass is 297 g/mol. The Kier molecular flexibility index (Phi) is 2.94. The maximum atomic E-state index is 11.8. The minimum atomic E-state index is -0.0648. The molecule has 0 saturated heterocycles. The molecule has 0 radical (unpaired) electrons. The molecule has 0 amide bonds. The van der Waals surface area contributed by atoms with E-state index in [4.69, 9.17) is 0 Å². The molecule has 3 rings (SSSR count). The van der Waals surface area contributed by atoms with Crippen LogP contribution in [0.4, 0.5) is 5.95 Å². The van der Waals surface area contributed by atoms with Gasteiger partial charge in [-0.05, 0) is 41.6 Å². The summed E-state index contributed by atoms with van der Waals surface area (Å²) in [6.45, 7) is 0. The molecule has 2 aliphatic rings. The fourth-order valence-corrected chi connectivity index (χ4v) is 2.95. The topological polar surface area (TPSA) is 57.8 Å². The van der Waals surface area contributed by atoms with Crippen molar-refractivity contribution in [3.05, 3.63) is 20.5 Å². The second-order valence-corrected chi connectivity index (χ2v) is 5.81. The first-order valence-corrected chi connectivity index (χ1v) is 7.09. The lowest BCUT2D eigenvalue weighted by Crippen LogP contribution is -2.18. The lowest BCUT2D eigenvalue weighted by Gasteiger charge is -2.12. The molecule has 2 fully saturated rings. The van der Waals surface area contributed by atoms with Crippen LogP contribution in [-0.2, 0) is 0 Å². The van der Waals surface area contributed by atoms with Gasteiger partial charge in [-0.25, -0.2) is 4.98 Å². The molecule has 92 valence electrons. The highest BCUT2D eigenvalue weighted by atomic mass is 79.9. The summed E-state index contributed by atoms with van der Waals surface area (Å²) in [4.78, 5) is 19.2. The first-order valence-electron chi connectivity index (χ1n) is 6.30. The average Bonchev–Trinajstić information content (AvgIpc) is 2.95. The van der Waals surface area contributed by atoms with Crippen molar-refractivity contribution < 1.29 is 0 Å². The Hall–Kier alpha value is -0.840. The van der Waals surface area contributed by atoms with Crippen molar-refractivity contribution in [2.24, 2.45) is 0 Å². The summed E-state index contributed by atoms with van der Waals surface area (Å²) in [7, 11) is 0. The van der Waals surface area contributed by atoms with E-state index in [1.165, 1.54) is 25.7 Å². The van der Waals surface area contributed by atoms with E-state index in [1.807, 2.05) is 0 Å². The van der Waals surface area contributed by atoms with E-state index in [0.717, 1.165) is 18.5 Å². The number of nitrogens with one attached hydrogen (secondary N) is 2. The summed E-state index contributed by atoms with van der Waals surface area (Å²) in [5.41, 5.74) is 0.874. The lowest BCUT2D eigenvalue weighted by molar-refractivity contribution is 0.687. The number of halogens is 1. The smallest absolute Gasteiger partial charge is 0.266 e. The third-order valence-electron chi connectivity index (χ3n) is 3.55. The van der Waals surface area contributed by atoms with E-state index in [2.05, 4.69) is 31.2 Å². The van der Waals surface area contributed by atoms with Gasteiger partial charge in [0.15, 0.2) is 0 Å². The van der Waals surface area contributed by atoms with Crippen molar-refractivity contribution in [2.75, 3.05) is 5.32 Å². The Morgan fingerprint density at radius 1 is 1.24 bits per heavy atom. The van der Waals surface area contributed by atoms with Crippen LogP contribution in [0.1, 0.15) is 50.1 Å². The number of rotatable bonds is 3. The molecule has 0 atom stereocenters. The second kappa shape index (κ2) is 4.44. The predicted octanol–water partition coefficient (Wildman–Crippen LogP) is 2.76. The van der Waals surface area contributed by atoms with Crippen LogP contribution in [0.2, 0.25) is 0 Å². The van der Waals surface area contributed by atoms with E-state index in [9.17, 15) is 4.79 Å². The maximum absolute atomic E-state index is 11.8. The fraction of sp³-hybridized carbons (Fsp3) is 0.667. The van der Waals surface area contributed by atoms with Crippen LogP contribution in [-0.4, -0.2) is 16.0 Å². The van der Waals surface area contributed by atoms with Gasteiger partial charge in [-0.1, -0.05) is 12.8 Å². The zero-order valence-corrected chi connectivity index (χ0v) is 11.2. The molecule has 0 aliphatic heterocycles. The molecule has 1 aromatic heterocycles. The van der Waals surface area contributed by atoms with Gasteiger partial charge < -0.3 is 5.32 Å². The van der Waals surface area contributed by atoms with E-state index < -0.39 is 0 Å². The number of aromatic nitrogens is 2. The molecule has 2 aliphatic carbocycles. The van der Waals surface area contributed by atoms with Gasteiger partial charge in [0.1, 0.15) is 4.47 Å². The average molecular weight is 298 g/mol. The quantitative estimate of drug-likeness (QED) is 0.902. The van der Waals surface area contributed by atoms with Crippen LogP contribution >= 0.6 is 15.9 Å². The van der Waals surface area contributed by atoms with Crippen molar-refractivity contribution in [1.82, 2.24) is 9.97 Å². The minimum absolute atomic E-state index is 0.0648. The second-order valence-electron chi connectivity index (χ2n) is 5.01. The number of anilines is 1. The maximum Gasteiger partial charge on any atom is 0.266 e. The van der Waals surface area contributed by atoms with Crippen molar-refractivity contribution in [2.45, 2.75) is 50.5 Å². The van der Waals surface area contributed by atoms with Gasteiger partial charge in [0.05, 0.1) is 5.69 Å². The molecular weight excluding hydrogens is 282 g/mol. The lowest BCUT2D eigenvalue weighted by atomic mass is 10.0. The van der Waals surface area contributed by atoms with Gasteiger partial charge in [-0.15, -0.1) is 0 Å². The van der Waals surface area contributed by atoms with E-state index in [-0.39, 0.29) is 5.56 Å². The molecule has 1 aromatic rings.